The predicted molar refractivity (Wildman–Crippen MR) is 114 cm³/mol. The largest absolute Gasteiger partial charge is 0.378 e. The Morgan fingerprint density at radius 1 is 1.07 bits per heavy atom. The van der Waals surface area contributed by atoms with Gasteiger partial charge in [0.15, 0.2) is 0 Å². The van der Waals surface area contributed by atoms with Crippen molar-refractivity contribution in [2.24, 2.45) is 0 Å². The van der Waals surface area contributed by atoms with Crippen molar-refractivity contribution < 1.29 is 9.59 Å². The average Bonchev–Trinajstić information content (AvgIpc) is 2.65. The summed E-state index contributed by atoms with van der Waals surface area (Å²) in [7, 11) is 3.92. The van der Waals surface area contributed by atoms with Crippen molar-refractivity contribution in [2.75, 3.05) is 24.3 Å². The number of hydrogen-bond acceptors (Lipinski definition) is 4. The van der Waals surface area contributed by atoms with Crippen molar-refractivity contribution in [1.29, 1.82) is 0 Å². The van der Waals surface area contributed by atoms with Gasteiger partial charge < -0.3 is 15.5 Å². The Bertz CT molecular complexity index is 775. The standard InChI is InChI=1S/C21H27N3O2S/c1-4-5-9-18(23-20(25)17-8-6-7-10-19(17)27)21(26)22-15-11-13-16(14-12-15)24(2)3/h6-8,10-14,18,27H,4-5,9H2,1-3H3,(H,22,26)(H,23,25). The molecule has 0 aromatic heterocycles. The van der Waals surface area contributed by atoms with Gasteiger partial charge in [-0.3, -0.25) is 9.59 Å². The molecule has 0 spiro atoms. The van der Waals surface area contributed by atoms with Gasteiger partial charge in [0.25, 0.3) is 5.91 Å². The highest BCUT2D eigenvalue weighted by atomic mass is 32.1. The van der Waals surface area contributed by atoms with Crippen molar-refractivity contribution in [2.45, 2.75) is 37.1 Å². The van der Waals surface area contributed by atoms with Crippen LogP contribution in [0.15, 0.2) is 53.4 Å². The van der Waals surface area contributed by atoms with E-state index in [1.54, 1.807) is 18.2 Å². The molecule has 1 unspecified atom stereocenters. The van der Waals surface area contributed by atoms with Gasteiger partial charge in [-0.2, -0.15) is 0 Å². The fourth-order valence-corrected chi connectivity index (χ4v) is 2.91. The maximum absolute atomic E-state index is 12.7. The number of nitrogens with zero attached hydrogens (tertiary/aromatic N) is 1. The van der Waals surface area contributed by atoms with Crippen molar-refractivity contribution in [1.82, 2.24) is 5.32 Å². The Morgan fingerprint density at radius 3 is 2.33 bits per heavy atom. The van der Waals surface area contributed by atoms with Crippen LogP contribution in [0.4, 0.5) is 11.4 Å². The van der Waals surface area contributed by atoms with Gasteiger partial charge in [-0.05, 0) is 42.8 Å². The normalized spacial score (nSPS) is 11.6. The number of benzene rings is 2. The lowest BCUT2D eigenvalue weighted by Gasteiger charge is -2.19. The number of rotatable bonds is 8. The molecule has 0 radical (unpaired) electrons. The van der Waals surface area contributed by atoms with Crippen LogP contribution in [0.25, 0.3) is 0 Å². The maximum Gasteiger partial charge on any atom is 0.253 e. The molecule has 5 nitrogen and oxygen atoms in total. The van der Waals surface area contributed by atoms with E-state index >= 15 is 0 Å². The van der Waals surface area contributed by atoms with Crippen LogP contribution in [0.3, 0.4) is 0 Å². The van der Waals surface area contributed by atoms with Gasteiger partial charge in [0, 0.05) is 30.4 Å². The number of unbranched alkanes of at least 4 members (excludes halogenated alkanes) is 1. The molecule has 6 heteroatoms. The molecule has 2 N–H and O–H groups in total. The molecule has 0 aliphatic heterocycles. The van der Waals surface area contributed by atoms with Gasteiger partial charge in [0.2, 0.25) is 5.91 Å². The third kappa shape index (κ3) is 6.03. The van der Waals surface area contributed by atoms with Crippen LogP contribution in [0.2, 0.25) is 0 Å². The minimum Gasteiger partial charge on any atom is -0.378 e. The third-order valence-electron chi connectivity index (χ3n) is 4.27. The molecule has 0 aliphatic rings. The fourth-order valence-electron chi connectivity index (χ4n) is 2.65. The van der Waals surface area contributed by atoms with Crippen molar-refractivity contribution in [3.05, 3.63) is 54.1 Å². The zero-order chi connectivity index (χ0) is 19.8. The van der Waals surface area contributed by atoms with E-state index in [9.17, 15) is 9.59 Å². The number of carbonyl (C=O) groups is 2. The number of nitrogens with one attached hydrogen (secondary N) is 2. The average molecular weight is 386 g/mol. The molecule has 1 atom stereocenters. The Labute approximate surface area is 166 Å². The summed E-state index contributed by atoms with van der Waals surface area (Å²) in [5.41, 5.74) is 2.22. The minimum atomic E-state index is -0.598. The topological polar surface area (TPSA) is 61.4 Å². The van der Waals surface area contributed by atoms with E-state index in [0.29, 0.717) is 22.6 Å². The van der Waals surface area contributed by atoms with E-state index in [1.165, 1.54) is 0 Å². The summed E-state index contributed by atoms with van der Waals surface area (Å²) < 4.78 is 0. The number of hydrogen-bond donors (Lipinski definition) is 3. The highest BCUT2D eigenvalue weighted by Crippen LogP contribution is 2.17. The van der Waals surface area contributed by atoms with Crippen LogP contribution in [0.5, 0.6) is 0 Å². The third-order valence-corrected chi connectivity index (χ3v) is 4.66. The number of thiol groups is 1. The van der Waals surface area contributed by atoms with Crippen LogP contribution in [0, 0.1) is 0 Å². The Morgan fingerprint density at radius 2 is 1.74 bits per heavy atom. The van der Waals surface area contributed by atoms with Crippen molar-refractivity contribution in [3.63, 3.8) is 0 Å². The van der Waals surface area contributed by atoms with Gasteiger partial charge in [-0.15, -0.1) is 12.6 Å². The Balaban J connectivity index is 2.08. The summed E-state index contributed by atoms with van der Waals surface area (Å²) >= 11 is 4.32. The number of carbonyl (C=O) groups excluding carboxylic acids is 2. The fraction of sp³-hybridized carbons (Fsp3) is 0.333. The molecule has 0 saturated carbocycles. The highest BCUT2D eigenvalue weighted by molar-refractivity contribution is 7.80. The van der Waals surface area contributed by atoms with Crippen LogP contribution in [-0.2, 0) is 4.79 Å². The zero-order valence-corrected chi connectivity index (χ0v) is 16.9. The molecule has 2 aromatic carbocycles. The Hall–Kier alpha value is -2.47. The molecule has 2 rings (SSSR count). The van der Waals surface area contributed by atoms with E-state index < -0.39 is 6.04 Å². The molecule has 2 amide bonds. The summed E-state index contributed by atoms with van der Waals surface area (Å²) in [4.78, 5) is 27.9. The Kier molecular flexibility index (Phi) is 7.73. The molecule has 0 aliphatic carbocycles. The lowest BCUT2D eigenvalue weighted by molar-refractivity contribution is -0.118. The first-order valence-corrected chi connectivity index (χ1v) is 9.54. The summed E-state index contributed by atoms with van der Waals surface area (Å²) in [5.74, 6) is -0.508. The van der Waals surface area contributed by atoms with E-state index in [4.69, 9.17) is 0 Å². The van der Waals surface area contributed by atoms with Crippen molar-refractivity contribution >= 4 is 35.8 Å². The van der Waals surface area contributed by atoms with Gasteiger partial charge in [-0.1, -0.05) is 31.9 Å². The molecule has 2 aromatic rings. The highest BCUT2D eigenvalue weighted by Gasteiger charge is 2.22. The minimum absolute atomic E-state index is 0.217. The van der Waals surface area contributed by atoms with Crippen LogP contribution >= 0.6 is 12.6 Å². The SMILES string of the molecule is CCCCC(NC(=O)c1ccccc1S)C(=O)Nc1ccc(N(C)C)cc1. The smallest absolute Gasteiger partial charge is 0.253 e. The zero-order valence-electron chi connectivity index (χ0n) is 16.0. The van der Waals surface area contributed by atoms with E-state index in [2.05, 4.69) is 30.2 Å². The molecule has 0 fully saturated rings. The summed E-state index contributed by atoms with van der Waals surface area (Å²) in [5, 5.41) is 5.75. The van der Waals surface area contributed by atoms with E-state index in [0.717, 1.165) is 18.5 Å². The first-order chi connectivity index (χ1) is 12.9. The van der Waals surface area contributed by atoms with Gasteiger partial charge in [-0.25, -0.2) is 0 Å². The molecular weight excluding hydrogens is 358 g/mol. The number of amides is 2. The summed E-state index contributed by atoms with van der Waals surface area (Å²) in [6, 6.07) is 14.0. The van der Waals surface area contributed by atoms with Crippen LogP contribution in [-0.4, -0.2) is 32.0 Å². The second-order valence-electron chi connectivity index (χ2n) is 6.62. The molecular formula is C21H27N3O2S. The van der Waals surface area contributed by atoms with Crippen LogP contribution < -0.4 is 15.5 Å². The lowest BCUT2D eigenvalue weighted by atomic mass is 10.1. The van der Waals surface area contributed by atoms with Crippen molar-refractivity contribution in [3.8, 4) is 0 Å². The molecule has 27 heavy (non-hydrogen) atoms. The van der Waals surface area contributed by atoms with E-state index in [1.807, 2.05) is 49.3 Å². The monoisotopic (exact) mass is 385 g/mol. The first-order valence-electron chi connectivity index (χ1n) is 9.09. The molecule has 0 saturated heterocycles. The van der Waals surface area contributed by atoms with Gasteiger partial charge in [0.05, 0.1) is 5.56 Å². The molecule has 144 valence electrons. The second kappa shape index (κ2) is 10.0. The second-order valence-corrected chi connectivity index (χ2v) is 7.10. The van der Waals surface area contributed by atoms with Gasteiger partial charge >= 0.3 is 0 Å². The maximum atomic E-state index is 12.7. The number of anilines is 2. The van der Waals surface area contributed by atoms with Crippen LogP contribution in [0.1, 0.15) is 36.5 Å². The quantitative estimate of drug-likeness (QED) is 0.603. The first kappa shape index (κ1) is 20.8. The lowest BCUT2D eigenvalue weighted by Crippen LogP contribution is -2.43. The molecule has 0 bridgehead atoms. The van der Waals surface area contributed by atoms with Gasteiger partial charge in [0.1, 0.15) is 6.04 Å². The van der Waals surface area contributed by atoms with E-state index in [-0.39, 0.29) is 11.8 Å². The summed E-state index contributed by atoms with van der Waals surface area (Å²) in [6.45, 7) is 2.06. The predicted octanol–water partition coefficient (Wildman–Crippen LogP) is 3.97. The molecule has 0 heterocycles. The summed E-state index contributed by atoms with van der Waals surface area (Å²) in [6.07, 6.45) is 2.37.